The quantitative estimate of drug-likeness (QED) is 0.370. The van der Waals surface area contributed by atoms with E-state index in [1.165, 1.54) is 0 Å². The van der Waals surface area contributed by atoms with Crippen molar-refractivity contribution in [3.05, 3.63) is 54.3 Å². The third-order valence-electron chi connectivity index (χ3n) is 7.26. The molecule has 0 spiro atoms. The van der Waals surface area contributed by atoms with Crippen LogP contribution in [0.15, 0.2) is 48.5 Å². The molecule has 3 N–H and O–H groups in total. The van der Waals surface area contributed by atoms with Crippen LogP contribution in [0.4, 0.5) is 10.2 Å². The average Bonchev–Trinajstić information content (AvgIpc) is 3.25. The molecule has 0 radical (unpaired) electrons. The number of rotatable bonds is 6. The molecule has 0 saturated carbocycles. The van der Waals surface area contributed by atoms with E-state index in [1.807, 2.05) is 30.3 Å². The fraction of sp³-hybridized carbons (Fsp3) is 0.321. The number of piperazine rings is 1. The van der Waals surface area contributed by atoms with Crippen molar-refractivity contribution in [1.29, 1.82) is 0 Å². The van der Waals surface area contributed by atoms with Crippen LogP contribution in [0.25, 0.3) is 32.8 Å². The number of carbonyl (C=O) groups excluding carboxylic acids is 1. The first kappa shape index (κ1) is 23.4. The van der Waals surface area contributed by atoms with Gasteiger partial charge in [-0.2, -0.15) is 9.97 Å². The van der Waals surface area contributed by atoms with Gasteiger partial charge in [0.25, 0.3) is 0 Å². The summed E-state index contributed by atoms with van der Waals surface area (Å²) in [6.07, 6.45) is 2.34. The molecule has 1 amide bonds. The molecule has 1 aromatic heterocycles. The Labute approximate surface area is 213 Å². The van der Waals surface area contributed by atoms with E-state index in [2.05, 4.69) is 25.5 Å². The van der Waals surface area contributed by atoms with E-state index in [-0.39, 0.29) is 36.2 Å². The summed E-state index contributed by atoms with van der Waals surface area (Å²) in [6.45, 7) is 1.61. The molecule has 2 aliphatic heterocycles. The summed E-state index contributed by atoms with van der Waals surface area (Å²) in [5, 5.41) is 18.8. The minimum absolute atomic E-state index is 0.0362. The number of ether oxygens (including phenoxy) is 1. The fourth-order valence-corrected chi connectivity index (χ4v) is 5.49. The van der Waals surface area contributed by atoms with Crippen LogP contribution in [0.2, 0.25) is 0 Å². The van der Waals surface area contributed by atoms with Crippen LogP contribution in [0.5, 0.6) is 11.8 Å². The number of hydrogen-bond donors (Lipinski definition) is 3. The standard InChI is InChI=1S/C28H28FN5O3/c1-30-24(36)10-11-37-28-32-26-22(27(33-28)34-14-17-6-7-18(15-34)31-17)9-8-21(25(26)29)23-13-19(35)12-16-4-2-3-5-20(16)23/h2-5,8-9,12-13,17-18,31,35H,6-7,10-11,14-15H2,1H3,(H,30,36)/t17-,18+. The lowest BCUT2D eigenvalue weighted by Gasteiger charge is -2.34. The Morgan fingerprint density at radius 3 is 2.68 bits per heavy atom. The van der Waals surface area contributed by atoms with Crippen molar-refractivity contribution in [3.63, 3.8) is 0 Å². The second-order valence-electron chi connectivity index (χ2n) is 9.68. The summed E-state index contributed by atoms with van der Waals surface area (Å²) in [5.74, 6) is 0.0192. The highest BCUT2D eigenvalue weighted by molar-refractivity contribution is 6.01. The minimum Gasteiger partial charge on any atom is -0.508 e. The predicted octanol–water partition coefficient (Wildman–Crippen LogP) is 3.75. The van der Waals surface area contributed by atoms with Crippen LogP contribution in [-0.2, 0) is 4.79 Å². The SMILES string of the molecule is CNC(=O)CCOc1nc(N2C[C@H]3CC[C@@H](C2)N3)c2ccc(-c3cc(O)cc4ccccc34)c(F)c2n1. The Morgan fingerprint density at radius 2 is 1.89 bits per heavy atom. The number of anilines is 1. The zero-order chi connectivity index (χ0) is 25.5. The minimum atomic E-state index is -0.508. The monoisotopic (exact) mass is 501 g/mol. The number of nitrogens with one attached hydrogen (secondary N) is 2. The van der Waals surface area contributed by atoms with E-state index in [0.717, 1.165) is 36.7 Å². The van der Waals surface area contributed by atoms with Crippen LogP contribution >= 0.6 is 0 Å². The van der Waals surface area contributed by atoms with Crippen molar-refractivity contribution < 1.29 is 19.0 Å². The predicted molar refractivity (Wildman–Crippen MR) is 140 cm³/mol. The Hall–Kier alpha value is -3.98. The number of nitrogens with zero attached hydrogens (tertiary/aromatic N) is 3. The van der Waals surface area contributed by atoms with Gasteiger partial charge in [-0.05, 0) is 47.4 Å². The van der Waals surface area contributed by atoms with E-state index in [4.69, 9.17) is 4.74 Å². The van der Waals surface area contributed by atoms with Gasteiger partial charge in [-0.25, -0.2) is 4.39 Å². The molecular formula is C28H28FN5O3. The highest BCUT2D eigenvalue weighted by atomic mass is 19.1. The Morgan fingerprint density at radius 1 is 1.11 bits per heavy atom. The molecule has 3 aromatic carbocycles. The van der Waals surface area contributed by atoms with Gasteiger partial charge in [-0.3, -0.25) is 4.79 Å². The zero-order valence-corrected chi connectivity index (χ0v) is 20.5. The summed E-state index contributed by atoms with van der Waals surface area (Å²) < 4.78 is 22.0. The molecule has 37 heavy (non-hydrogen) atoms. The van der Waals surface area contributed by atoms with Crippen molar-refractivity contribution in [2.75, 3.05) is 31.6 Å². The second kappa shape index (κ2) is 9.48. The van der Waals surface area contributed by atoms with Crippen LogP contribution in [0.1, 0.15) is 19.3 Å². The van der Waals surface area contributed by atoms with Crippen molar-refractivity contribution in [1.82, 2.24) is 20.6 Å². The molecule has 6 rings (SSSR count). The van der Waals surface area contributed by atoms with Crippen LogP contribution < -0.4 is 20.3 Å². The smallest absolute Gasteiger partial charge is 0.319 e. The molecule has 2 bridgehead atoms. The number of phenols is 1. The molecule has 9 heteroatoms. The van der Waals surface area contributed by atoms with E-state index in [9.17, 15) is 9.90 Å². The molecule has 2 saturated heterocycles. The number of carbonyl (C=O) groups is 1. The van der Waals surface area contributed by atoms with E-state index < -0.39 is 5.82 Å². The number of aromatic hydroxyl groups is 1. The number of phenolic OH excluding ortho intramolecular Hbond substituents is 1. The van der Waals surface area contributed by atoms with Crippen molar-refractivity contribution in [2.45, 2.75) is 31.3 Å². The number of halogens is 1. The van der Waals surface area contributed by atoms with Crippen molar-refractivity contribution in [3.8, 4) is 22.9 Å². The number of aromatic nitrogens is 2. The lowest BCUT2D eigenvalue weighted by molar-refractivity contribution is -0.121. The molecule has 0 aliphatic carbocycles. The molecule has 4 aromatic rings. The molecule has 2 atom stereocenters. The Balaban J connectivity index is 1.48. The Bertz CT molecular complexity index is 1500. The number of hydrogen-bond acceptors (Lipinski definition) is 7. The third kappa shape index (κ3) is 4.40. The second-order valence-corrected chi connectivity index (χ2v) is 9.68. The van der Waals surface area contributed by atoms with Gasteiger partial charge in [-0.15, -0.1) is 0 Å². The lowest BCUT2D eigenvalue weighted by atomic mass is 9.96. The van der Waals surface area contributed by atoms with Crippen LogP contribution in [-0.4, -0.2) is 59.8 Å². The Kier molecular flexibility index (Phi) is 6.00. The summed E-state index contributed by atoms with van der Waals surface area (Å²) in [7, 11) is 1.56. The van der Waals surface area contributed by atoms with Gasteiger partial charge >= 0.3 is 6.01 Å². The summed E-state index contributed by atoms with van der Waals surface area (Å²) in [6, 6.07) is 15.1. The highest BCUT2D eigenvalue weighted by Crippen LogP contribution is 2.38. The van der Waals surface area contributed by atoms with Gasteiger partial charge in [0.1, 0.15) is 23.7 Å². The molecule has 3 heterocycles. The molecule has 190 valence electrons. The maximum absolute atomic E-state index is 16.3. The lowest BCUT2D eigenvalue weighted by Crippen LogP contribution is -2.51. The third-order valence-corrected chi connectivity index (χ3v) is 7.26. The van der Waals surface area contributed by atoms with Crippen molar-refractivity contribution in [2.24, 2.45) is 0 Å². The summed E-state index contributed by atoms with van der Waals surface area (Å²) in [5.41, 5.74) is 1.06. The number of amides is 1. The fourth-order valence-electron chi connectivity index (χ4n) is 5.49. The number of benzene rings is 3. The number of fused-ring (bicyclic) bond motifs is 4. The van der Waals surface area contributed by atoms with Crippen molar-refractivity contribution >= 4 is 33.4 Å². The topological polar surface area (TPSA) is 99.6 Å². The van der Waals surface area contributed by atoms with Gasteiger partial charge in [0, 0.05) is 43.2 Å². The first-order valence-corrected chi connectivity index (χ1v) is 12.6. The molecular weight excluding hydrogens is 473 g/mol. The highest BCUT2D eigenvalue weighted by Gasteiger charge is 2.34. The summed E-state index contributed by atoms with van der Waals surface area (Å²) >= 11 is 0. The maximum Gasteiger partial charge on any atom is 0.319 e. The zero-order valence-electron chi connectivity index (χ0n) is 20.5. The molecule has 8 nitrogen and oxygen atoms in total. The largest absolute Gasteiger partial charge is 0.508 e. The molecule has 2 fully saturated rings. The van der Waals surface area contributed by atoms with Gasteiger partial charge < -0.3 is 25.4 Å². The van der Waals surface area contributed by atoms with Crippen LogP contribution in [0, 0.1) is 5.82 Å². The van der Waals surface area contributed by atoms with Gasteiger partial charge in [0.15, 0.2) is 5.82 Å². The first-order chi connectivity index (χ1) is 18.0. The first-order valence-electron chi connectivity index (χ1n) is 12.6. The normalized spacial score (nSPS) is 18.9. The van der Waals surface area contributed by atoms with Crippen LogP contribution in [0.3, 0.4) is 0 Å². The van der Waals surface area contributed by atoms with Gasteiger partial charge in [0.2, 0.25) is 5.91 Å². The van der Waals surface area contributed by atoms with E-state index in [0.29, 0.717) is 34.4 Å². The molecule has 2 aliphatic rings. The van der Waals surface area contributed by atoms with E-state index in [1.54, 1.807) is 25.2 Å². The van der Waals surface area contributed by atoms with Gasteiger partial charge in [-0.1, -0.05) is 30.3 Å². The average molecular weight is 502 g/mol. The summed E-state index contributed by atoms with van der Waals surface area (Å²) in [4.78, 5) is 23.0. The van der Waals surface area contributed by atoms with Gasteiger partial charge in [0.05, 0.1) is 6.42 Å². The molecule has 0 unspecified atom stereocenters. The maximum atomic E-state index is 16.3. The van der Waals surface area contributed by atoms with E-state index >= 15 is 4.39 Å².